The van der Waals surface area contributed by atoms with Gasteiger partial charge in [-0.25, -0.2) is 0 Å². The second-order valence-electron chi connectivity index (χ2n) is 4.70. The second-order valence-corrected chi connectivity index (χ2v) is 9.16. The Balaban J connectivity index is 2.61. The van der Waals surface area contributed by atoms with Gasteiger partial charge < -0.3 is 4.43 Å². The molecule has 2 atom stereocenters. The molecule has 1 aliphatic rings. The molecule has 13 heavy (non-hydrogen) atoms. The smallest absolute Gasteiger partial charge is 0.184 e. The first-order valence-corrected chi connectivity index (χ1v) is 8.18. The van der Waals surface area contributed by atoms with Gasteiger partial charge in [-0.2, -0.15) is 0 Å². The average molecular weight is 198 g/mol. The molecule has 3 heteroatoms. The minimum Gasteiger partial charge on any atom is -0.411 e. The standard InChI is InChI=1S/C10H18O2Si/c1-8-7-9(11)5-6-10(8)12-13(2,3)4/h5-6,8,10H,7H2,1-4H3/t8-,10+/m0/s1. The molecule has 0 N–H and O–H groups in total. The number of allylic oxidation sites excluding steroid dienone is 1. The first-order chi connectivity index (χ1) is 5.88. The average Bonchev–Trinajstić information content (AvgIpc) is 1.93. The number of hydrogen-bond acceptors (Lipinski definition) is 2. The molecule has 0 aromatic carbocycles. The summed E-state index contributed by atoms with van der Waals surface area (Å²) < 4.78 is 5.94. The van der Waals surface area contributed by atoms with Crippen LogP contribution in [-0.2, 0) is 9.22 Å². The largest absolute Gasteiger partial charge is 0.411 e. The van der Waals surface area contributed by atoms with E-state index in [1.165, 1.54) is 0 Å². The summed E-state index contributed by atoms with van der Waals surface area (Å²) in [5, 5.41) is 0. The zero-order valence-corrected chi connectivity index (χ0v) is 9.83. The molecule has 1 rings (SSSR count). The Labute approximate surface area is 81.1 Å². The van der Waals surface area contributed by atoms with Crippen LogP contribution in [-0.4, -0.2) is 20.2 Å². The van der Waals surface area contributed by atoms with Crippen molar-refractivity contribution in [1.82, 2.24) is 0 Å². The van der Waals surface area contributed by atoms with Gasteiger partial charge in [0.1, 0.15) is 0 Å². The third-order valence-corrected chi connectivity index (χ3v) is 3.02. The Bertz CT molecular complexity index is 228. The third kappa shape index (κ3) is 3.44. The molecule has 0 amide bonds. The monoisotopic (exact) mass is 198 g/mol. The Hall–Kier alpha value is -0.413. The topological polar surface area (TPSA) is 26.3 Å². The summed E-state index contributed by atoms with van der Waals surface area (Å²) in [5.74, 6) is 0.562. The van der Waals surface area contributed by atoms with Gasteiger partial charge in [0.15, 0.2) is 14.1 Å². The van der Waals surface area contributed by atoms with Crippen LogP contribution in [0.3, 0.4) is 0 Å². The maximum absolute atomic E-state index is 11.1. The van der Waals surface area contributed by atoms with Crippen molar-refractivity contribution in [3.8, 4) is 0 Å². The van der Waals surface area contributed by atoms with E-state index in [-0.39, 0.29) is 11.9 Å². The van der Waals surface area contributed by atoms with Crippen LogP contribution >= 0.6 is 0 Å². The van der Waals surface area contributed by atoms with Crippen LogP contribution in [0.2, 0.25) is 19.6 Å². The van der Waals surface area contributed by atoms with Crippen LogP contribution in [0.5, 0.6) is 0 Å². The third-order valence-electron chi connectivity index (χ3n) is 2.05. The number of ketones is 1. The van der Waals surface area contributed by atoms with Gasteiger partial charge in [-0.1, -0.05) is 13.0 Å². The molecule has 0 radical (unpaired) electrons. The summed E-state index contributed by atoms with van der Waals surface area (Å²) in [7, 11) is -1.47. The molecule has 0 aromatic rings. The molecule has 0 aliphatic heterocycles. The Morgan fingerprint density at radius 2 is 2.08 bits per heavy atom. The molecule has 0 spiro atoms. The molecular formula is C10H18O2Si. The number of carbonyl (C=O) groups is 1. The van der Waals surface area contributed by atoms with Crippen LogP contribution in [0.15, 0.2) is 12.2 Å². The maximum Gasteiger partial charge on any atom is 0.184 e. The number of hydrogen-bond donors (Lipinski definition) is 0. The first kappa shape index (κ1) is 10.7. The highest BCUT2D eigenvalue weighted by molar-refractivity contribution is 6.69. The van der Waals surface area contributed by atoms with Gasteiger partial charge in [0, 0.05) is 6.42 Å². The van der Waals surface area contributed by atoms with Crippen LogP contribution in [0.1, 0.15) is 13.3 Å². The minimum atomic E-state index is -1.47. The van der Waals surface area contributed by atoms with Gasteiger partial charge in [-0.15, -0.1) is 0 Å². The van der Waals surface area contributed by atoms with Crippen LogP contribution in [0.4, 0.5) is 0 Å². The molecule has 0 fully saturated rings. The van der Waals surface area contributed by atoms with E-state index in [1.807, 2.05) is 6.08 Å². The van der Waals surface area contributed by atoms with Crippen molar-refractivity contribution in [2.45, 2.75) is 39.1 Å². The summed E-state index contributed by atoms with van der Waals surface area (Å²) in [6.07, 6.45) is 4.36. The molecule has 0 aromatic heterocycles. The van der Waals surface area contributed by atoms with Crippen molar-refractivity contribution >= 4 is 14.1 Å². The van der Waals surface area contributed by atoms with Crippen LogP contribution in [0.25, 0.3) is 0 Å². The second kappa shape index (κ2) is 3.76. The lowest BCUT2D eigenvalue weighted by atomic mass is 9.93. The van der Waals surface area contributed by atoms with Gasteiger partial charge in [-0.3, -0.25) is 4.79 Å². The minimum absolute atomic E-state index is 0.157. The van der Waals surface area contributed by atoms with Gasteiger partial charge in [-0.05, 0) is 31.6 Å². The molecule has 0 bridgehead atoms. The zero-order valence-electron chi connectivity index (χ0n) is 8.83. The molecule has 0 saturated heterocycles. The Morgan fingerprint density at radius 3 is 2.54 bits per heavy atom. The zero-order chi connectivity index (χ0) is 10.1. The van der Waals surface area contributed by atoms with E-state index < -0.39 is 8.32 Å². The van der Waals surface area contributed by atoms with E-state index in [0.29, 0.717) is 12.3 Å². The fourth-order valence-electron chi connectivity index (χ4n) is 1.46. The van der Waals surface area contributed by atoms with E-state index in [1.54, 1.807) is 6.08 Å². The summed E-state index contributed by atoms with van der Waals surface area (Å²) in [5.41, 5.74) is 0. The summed E-state index contributed by atoms with van der Waals surface area (Å²) in [6.45, 7) is 8.59. The fourth-order valence-corrected chi connectivity index (χ4v) is 2.58. The quantitative estimate of drug-likeness (QED) is 0.637. The van der Waals surface area contributed by atoms with Gasteiger partial charge in [0.2, 0.25) is 0 Å². The molecular weight excluding hydrogens is 180 g/mol. The molecule has 0 saturated carbocycles. The van der Waals surface area contributed by atoms with Gasteiger partial charge >= 0.3 is 0 Å². The van der Waals surface area contributed by atoms with Crippen molar-refractivity contribution in [3.63, 3.8) is 0 Å². The Morgan fingerprint density at radius 1 is 1.46 bits per heavy atom. The predicted octanol–water partition coefficient (Wildman–Crippen LogP) is 2.37. The Kier molecular flexibility index (Phi) is 3.08. The van der Waals surface area contributed by atoms with E-state index in [9.17, 15) is 4.79 Å². The molecule has 2 nitrogen and oxygen atoms in total. The highest BCUT2D eigenvalue weighted by Gasteiger charge is 2.27. The summed E-state index contributed by atoms with van der Waals surface area (Å²) in [4.78, 5) is 11.1. The highest BCUT2D eigenvalue weighted by atomic mass is 28.4. The van der Waals surface area contributed by atoms with Crippen molar-refractivity contribution in [2.75, 3.05) is 0 Å². The first-order valence-electron chi connectivity index (χ1n) is 4.77. The van der Waals surface area contributed by atoms with Crippen molar-refractivity contribution in [3.05, 3.63) is 12.2 Å². The van der Waals surface area contributed by atoms with Gasteiger partial charge in [0.25, 0.3) is 0 Å². The van der Waals surface area contributed by atoms with Gasteiger partial charge in [0.05, 0.1) is 6.10 Å². The molecule has 1 aliphatic carbocycles. The number of carbonyl (C=O) groups excluding carboxylic acids is 1. The van der Waals surface area contributed by atoms with E-state index in [2.05, 4.69) is 26.6 Å². The van der Waals surface area contributed by atoms with Crippen LogP contribution in [0, 0.1) is 5.92 Å². The van der Waals surface area contributed by atoms with Crippen molar-refractivity contribution in [1.29, 1.82) is 0 Å². The number of rotatable bonds is 2. The lowest BCUT2D eigenvalue weighted by molar-refractivity contribution is -0.116. The fraction of sp³-hybridized carbons (Fsp3) is 0.700. The SMILES string of the molecule is C[C@H]1CC(=O)C=C[C@H]1O[Si](C)(C)C. The van der Waals surface area contributed by atoms with E-state index in [0.717, 1.165) is 0 Å². The van der Waals surface area contributed by atoms with Crippen molar-refractivity contribution < 1.29 is 9.22 Å². The lowest BCUT2D eigenvalue weighted by Crippen LogP contribution is -2.36. The predicted molar refractivity (Wildman–Crippen MR) is 56.1 cm³/mol. The van der Waals surface area contributed by atoms with E-state index in [4.69, 9.17) is 4.43 Å². The highest BCUT2D eigenvalue weighted by Crippen LogP contribution is 2.22. The summed E-state index contributed by atoms with van der Waals surface area (Å²) in [6, 6.07) is 0. The molecule has 0 unspecified atom stereocenters. The summed E-state index contributed by atoms with van der Waals surface area (Å²) >= 11 is 0. The maximum atomic E-state index is 11.1. The van der Waals surface area contributed by atoms with Crippen LogP contribution < -0.4 is 0 Å². The molecule has 0 heterocycles. The lowest BCUT2D eigenvalue weighted by Gasteiger charge is -2.30. The molecule has 74 valence electrons. The van der Waals surface area contributed by atoms with E-state index >= 15 is 0 Å². The normalized spacial score (nSPS) is 29.4. The van der Waals surface area contributed by atoms with Crippen molar-refractivity contribution in [2.24, 2.45) is 5.92 Å².